The molecule has 1 aromatic carbocycles. The fourth-order valence-corrected chi connectivity index (χ4v) is 3.40. The second-order valence-corrected chi connectivity index (χ2v) is 6.78. The molecule has 0 saturated carbocycles. The molecule has 7 nitrogen and oxygen atoms in total. The molecule has 1 aliphatic rings. The van der Waals surface area contributed by atoms with Crippen LogP contribution in [0, 0.1) is 0 Å². The molecule has 9 heteroatoms. The third-order valence-corrected chi connectivity index (χ3v) is 4.63. The number of nitrogens with zero attached hydrogens (tertiary/aromatic N) is 1. The van der Waals surface area contributed by atoms with Gasteiger partial charge in [0.05, 0.1) is 11.2 Å². The van der Waals surface area contributed by atoms with E-state index < -0.39 is 24.4 Å². The monoisotopic (exact) mass is 389 g/mol. The first-order chi connectivity index (χ1) is 12.4. The van der Waals surface area contributed by atoms with Gasteiger partial charge in [0.15, 0.2) is 0 Å². The molecule has 0 bridgehead atoms. The lowest BCUT2D eigenvalue weighted by Crippen LogP contribution is -2.33. The number of hydrogen-bond donors (Lipinski definition) is 1. The van der Waals surface area contributed by atoms with Crippen LogP contribution in [0.2, 0.25) is 0 Å². The number of carboxylic acids is 1. The molecule has 1 N–H and O–H groups in total. The quantitative estimate of drug-likeness (QED) is 0.361. The number of amides is 1. The van der Waals surface area contributed by atoms with Crippen LogP contribution in [0.25, 0.3) is 6.08 Å². The summed E-state index contributed by atoms with van der Waals surface area (Å²) in [7, 11) is 0. The van der Waals surface area contributed by atoms with Crippen molar-refractivity contribution in [2.45, 2.75) is 0 Å². The van der Waals surface area contributed by atoms with E-state index >= 15 is 0 Å². The number of thiocarbonyl (C=S) groups is 1. The van der Waals surface area contributed by atoms with Crippen LogP contribution in [0.15, 0.2) is 52.0 Å². The van der Waals surface area contributed by atoms with Crippen LogP contribution in [0.1, 0.15) is 16.1 Å². The predicted octanol–water partition coefficient (Wildman–Crippen LogP) is 2.78. The number of carboxylic acid groups (broad SMARTS) is 1. The summed E-state index contributed by atoms with van der Waals surface area (Å²) in [5.74, 6) is -1.90. The molecule has 0 aliphatic carbocycles. The molecule has 3 rings (SSSR count). The molecular formula is C17H11NO6S2. The summed E-state index contributed by atoms with van der Waals surface area (Å²) in [4.78, 5) is 36.3. The highest BCUT2D eigenvalue weighted by molar-refractivity contribution is 8.26. The van der Waals surface area contributed by atoms with E-state index in [0.717, 1.165) is 16.7 Å². The normalized spacial score (nSPS) is 15.5. The Hall–Kier alpha value is -2.91. The lowest BCUT2D eigenvalue weighted by Gasteiger charge is -2.10. The van der Waals surface area contributed by atoms with Gasteiger partial charge in [0.2, 0.25) is 5.76 Å². The van der Waals surface area contributed by atoms with E-state index in [0.29, 0.717) is 10.5 Å². The van der Waals surface area contributed by atoms with E-state index in [9.17, 15) is 14.4 Å². The Morgan fingerprint density at radius 3 is 2.81 bits per heavy atom. The summed E-state index contributed by atoms with van der Waals surface area (Å²) in [6, 6.07) is 9.60. The molecule has 1 aliphatic heterocycles. The highest BCUT2D eigenvalue weighted by atomic mass is 32.2. The van der Waals surface area contributed by atoms with Crippen molar-refractivity contribution < 1.29 is 28.6 Å². The number of esters is 1. The molecule has 0 radical (unpaired) electrons. The highest BCUT2D eigenvalue weighted by Crippen LogP contribution is 2.32. The van der Waals surface area contributed by atoms with Crippen LogP contribution >= 0.6 is 24.0 Å². The number of aliphatic carboxylic acids is 1. The van der Waals surface area contributed by atoms with Crippen LogP contribution in [0.3, 0.4) is 0 Å². The van der Waals surface area contributed by atoms with Crippen molar-refractivity contribution in [3.05, 3.63) is 58.9 Å². The Morgan fingerprint density at radius 1 is 1.31 bits per heavy atom. The minimum atomic E-state index is -1.14. The molecule has 2 aromatic rings. The molecule has 2 heterocycles. The van der Waals surface area contributed by atoms with Gasteiger partial charge in [-0.1, -0.05) is 36.1 Å². The fraction of sp³-hybridized carbons (Fsp3) is 0.0588. The van der Waals surface area contributed by atoms with Crippen molar-refractivity contribution in [1.82, 2.24) is 4.90 Å². The summed E-state index contributed by atoms with van der Waals surface area (Å²) >= 11 is 6.06. The Morgan fingerprint density at radius 2 is 2.12 bits per heavy atom. The van der Waals surface area contributed by atoms with Crippen molar-refractivity contribution in [1.29, 1.82) is 0 Å². The zero-order chi connectivity index (χ0) is 18.7. The first kappa shape index (κ1) is 17.9. The zero-order valence-corrected chi connectivity index (χ0v) is 14.7. The first-order valence-electron chi connectivity index (χ1n) is 7.27. The van der Waals surface area contributed by atoms with Gasteiger partial charge < -0.3 is 14.3 Å². The lowest BCUT2D eigenvalue weighted by molar-refractivity contribution is -0.140. The maximum absolute atomic E-state index is 12.3. The van der Waals surface area contributed by atoms with Crippen molar-refractivity contribution in [3.63, 3.8) is 0 Å². The Balaban J connectivity index is 1.77. The van der Waals surface area contributed by atoms with Gasteiger partial charge in [-0.15, -0.1) is 0 Å². The van der Waals surface area contributed by atoms with Crippen LogP contribution < -0.4 is 4.74 Å². The number of hydrogen-bond acceptors (Lipinski definition) is 7. The van der Waals surface area contributed by atoms with Gasteiger partial charge in [0.1, 0.15) is 16.6 Å². The molecule has 132 valence electrons. The van der Waals surface area contributed by atoms with Gasteiger partial charge in [-0.25, -0.2) is 4.79 Å². The number of benzene rings is 1. The number of furan rings is 1. The van der Waals surface area contributed by atoms with Crippen LogP contribution in [-0.2, 0) is 9.59 Å². The smallest absolute Gasteiger partial charge is 0.379 e. The zero-order valence-electron chi connectivity index (χ0n) is 13.1. The second kappa shape index (κ2) is 7.54. The highest BCUT2D eigenvalue weighted by Gasteiger charge is 2.33. The van der Waals surface area contributed by atoms with E-state index in [2.05, 4.69) is 0 Å². The molecule has 0 unspecified atom stereocenters. The number of carbonyl (C=O) groups excluding carboxylic acids is 2. The van der Waals surface area contributed by atoms with E-state index in [1.54, 1.807) is 36.4 Å². The number of carbonyl (C=O) groups is 3. The van der Waals surface area contributed by atoms with Gasteiger partial charge in [-0.05, 0) is 35.9 Å². The fourth-order valence-electron chi connectivity index (χ4n) is 2.14. The summed E-state index contributed by atoms with van der Waals surface area (Å²) < 4.78 is 10.4. The second-order valence-electron chi connectivity index (χ2n) is 5.10. The van der Waals surface area contributed by atoms with Gasteiger partial charge in [-0.3, -0.25) is 14.5 Å². The first-order valence-corrected chi connectivity index (χ1v) is 8.49. The minimum Gasteiger partial charge on any atom is -0.480 e. The molecule has 1 saturated heterocycles. The van der Waals surface area contributed by atoms with Gasteiger partial charge in [-0.2, -0.15) is 0 Å². The van der Waals surface area contributed by atoms with E-state index in [1.807, 2.05) is 0 Å². The Labute approximate surface area is 157 Å². The summed E-state index contributed by atoms with van der Waals surface area (Å²) in [6.45, 7) is -0.483. The van der Waals surface area contributed by atoms with Crippen LogP contribution in [-0.4, -0.2) is 38.7 Å². The molecule has 0 spiro atoms. The number of rotatable bonds is 5. The average Bonchev–Trinajstić information content (AvgIpc) is 3.20. The maximum Gasteiger partial charge on any atom is 0.379 e. The van der Waals surface area contributed by atoms with Crippen molar-refractivity contribution in [2.24, 2.45) is 0 Å². The molecule has 1 fully saturated rings. The lowest BCUT2D eigenvalue weighted by atomic mass is 10.2. The molecular weight excluding hydrogens is 378 g/mol. The molecule has 1 aromatic heterocycles. The Kier molecular flexibility index (Phi) is 5.19. The SMILES string of the molecule is O=C(O)CN1C(=O)/C(=C\c2cccc(OC(=O)c3ccco3)c2)SC1=S. The van der Waals surface area contributed by atoms with E-state index in [4.69, 9.17) is 26.5 Å². The topological polar surface area (TPSA) is 97.0 Å². The van der Waals surface area contributed by atoms with Crippen molar-refractivity contribution in [3.8, 4) is 5.75 Å². The van der Waals surface area contributed by atoms with E-state index in [1.165, 1.54) is 12.3 Å². The standard InChI is InChI=1S/C17H11NO6S2/c19-14(20)9-18-15(21)13(26-17(18)25)8-10-3-1-4-11(7-10)24-16(22)12-5-2-6-23-12/h1-8H,9H2,(H,19,20)/b13-8+. The van der Waals surface area contributed by atoms with Gasteiger partial charge >= 0.3 is 11.9 Å². The summed E-state index contributed by atoms with van der Waals surface area (Å²) in [5.41, 5.74) is 0.602. The average molecular weight is 389 g/mol. The Bertz CT molecular complexity index is 919. The van der Waals surface area contributed by atoms with Crippen molar-refractivity contribution >= 4 is 52.2 Å². The predicted molar refractivity (Wildman–Crippen MR) is 97.6 cm³/mol. The number of ether oxygens (including phenoxy) is 1. The van der Waals surface area contributed by atoms with E-state index in [-0.39, 0.29) is 15.8 Å². The van der Waals surface area contributed by atoms with Gasteiger partial charge in [0.25, 0.3) is 5.91 Å². The summed E-state index contributed by atoms with van der Waals surface area (Å²) in [5, 5.41) is 8.85. The minimum absolute atomic E-state index is 0.0740. The maximum atomic E-state index is 12.3. The molecule has 1 amide bonds. The van der Waals surface area contributed by atoms with Crippen LogP contribution in [0.5, 0.6) is 5.75 Å². The van der Waals surface area contributed by atoms with Crippen molar-refractivity contribution in [2.75, 3.05) is 6.54 Å². The third-order valence-electron chi connectivity index (χ3n) is 3.26. The van der Waals surface area contributed by atoms with Gasteiger partial charge in [0, 0.05) is 0 Å². The largest absolute Gasteiger partial charge is 0.480 e. The molecule has 0 atom stereocenters. The summed E-state index contributed by atoms with van der Waals surface area (Å²) in [6.07, 6.45) is 2.93. The number of thioether (sulfide) groups is 1. The molecule has 26 heavy (non-hydrogen) atoms. The van der Waals surface area contributed by atoms with Crippen LogP contribution in [0.4, 0.5) is 0 Å². The third kappa shape index (κ3) is 4.01.